The maximum atomic E-state index is 13.5. The molecule has 1 atom stereocenters. The molecule has 1 aromatic carbocycles. The zero-order valence-corrected chi connectivity index (χ0v) is 13.2. The molecule has 1 fully saturated rings. The van der Waals surface area contributed by atoms with Crippen molar-refractivity contribution in [1.29, 1.82) is 0 Å². The molecular formula is C14H17F2NO5S. The van der Waals surface area contributed by atoms with E-state index in [1.807, 2.05) is 0 Å². The van der Waals surface area contributed by atoms with Crippen LogP contribution in [0.4, 0.5) is 19.3 Å². The van der Waals surface area contributed by atoms with Crippen LogP contribution in [0, 0.1) is 5.92 Å². The molecule has 128 valence electrons. The fraction of sp³-hybridized carbons (Fsp3) is 0.500. The van der Waals surface area contributed by atoms with Crippen LogP contribution in [0.3, 0.4) is 0 Å². The number of methoxy groups -OCH3 is 1. The molecule has 23 heavy (non-hydrogen) atoms. The molecule has 6 nitrogen and oxygen atoms in total. The van der Waals surface area contributed by atoms with Gasteiger partial charge in [0, 0.05) is 24.1 Å². The van der Waals surface area contributed by atoms with Crippen LogP contribution in [-0.4, -0.2) is 33.3 Å². The molecule has 1 unspecified atom stereocenters. The van der Waals surface area contributed by atoms with Gasteiger partial charge in [-0.1, -0.05) is 6.07 Å². The Morgan fingerprint density at radius 3 is 2.78 bits per heavy atom. The molecule has 1 N–H and O–H groups in total. The summed E-state index contributed by atoms with van der Waals surface area (Å²) in [6.45, 7) is 0. The van der Waals surface area contributed by atoms with E-state index in [0.29, 0.717) is 6.42 Å². The number of anilines is 1. The second kappa shape index (κ2) is 6.69. The minimum Gasteiger partial charge on any atom is -0.453 e. The molecule has 9 heteroatoms. The summed E-state index contributed by atoms with van der Waals surface area (Å²) in [6, 6.07) is 5.58. The smallest absolute Gasteiger partial charge is 0.411 e. The molecule has 0 heterocycles. The number of hydrogen-bond acceptors (Lipinski definition) is 5. The second-order valence-electron chi connectivity index (χ2n) is 5.30. The number of halogens is 2. The fourth-order valence-corrected chi connectivity index (χ4v) is 3.79. The van der Waals surface area contributed by atoms with Crippen LogP contribution in [0.5, 0.6) is 5.75 Å². The number of benzene rings is 1. The molecule has 1 aliphatic carbocycles. The molecule has 0 aromatic heterocycles. The largest absolute Gasteiger partial charge is 0.453 e. The average Bonchev–Trinajstić information content (AvgIpc) is 2.76. The van der Waals surface area contributed by atoms with Gasteiger partial charge in [0.05, 0.1) is 12.9 Å². The highest BCUT2D eigenvalue weighted by Crippen LogP contribution is 2.41. The molecular weight excluding hydrogens is 332 g/mol. The first-order valence-electron chi connectivity index (χ1n) is 6.97. The fourth-order valence-electron chi connectivity index (χ4n) is 2.43. The first-order valence-corrected chi connectivity index (χ1v) is 8.54. The van der Waals surface area contributed by atoms with Gasteiger partial charge in [0.1, 0.15) is 5.75 Å². The SMILES string of the molecule is COC(=O)Nc1cccc(OS(=O)(=O)CC2CCCC2(F)F)c1. The molecule has 1 aliphatic rings. The monoisotopic (exact) mass is 349 g/mol. The average molecular weight is 349 g/mol. The standard InChI is InChI=1S/C14H17F2NO5S/c1-21-13(18)17-11-5-2-6-12(8-11)22-23(19,20)9-10-4-3-7-14(10,15)16/h2,5-6,8,10H,3-4,7,9H2,1H3,(H,17,18). The summed E-state index contributed by atoms with van der Waals surface area (Å²) in [5, 5.41) is 2.35. The van der Waals surface area contributed by atoms with Gasteiger partial charge in [0.2, 0.25) is 0 Å². The van der Waals surface area contributed by atoms with Crippen LogP contribution in [0.2, 0.25) is 0 Å². The van der Waals surface area contributed by atoms with Crippen LogP contribution in [0.1, 0.15) is 19.3 Å². The number of ether oxygens (including phenoxy) is 1. The van der Waals surface area contributed by atoms with Crippen molar-refractivity contribution in [3.63, 3.8) is 0 Å². The van der Waals surface area contributed by atoms with Crippen LogP contribution in [0.15, 0.2) is 24.3 Å². The van der Waals surface area contributed by atoms with E-state index in [4.69, 9.17) is 4.18 Å². The summed E-state index contributed by atoms with van der Waals surface area (Å²) < 4.78 is 60.3. The number of alkyl halides is 2. The van der Waals surface area contributed by atoms with Crippen LogP contribution < -0.4 is 9.50 Å². The van der Waals surface area contributed by atoms with Crippen molar-refractivity contribution in [2.75, 3.05) is 18.2 Å². The number of nitrogens with one attached hydrogen (secondary N) is 1. The predicted molar refractivity (Wildman–Crippen MR) is 79.2 cm³/mol. The zero-order valence-electron chi connectivity index (χ0n) is 12.4. The number of amides is 1. The van der Waals surface area contributed by atoms with Gasteiger partial charge < -0.3 is 8.92 Å². The highest BCUT2D eigenvalue weighted by Gasteiger charge is 2.46. The molecule has 0 aliphatic heterocycles. The van der Waals surface area contributed by atoms with Crippen molar-refractivity contribution in [2.45, 2.75) is 25.2 Å². The minimum absolute atomic E-state index is 0.0692. The van der Waals surface area contributed by atoms with Gasteiger partial charge in [-0.15, -0.1) is 0 Å². The number of rotatable bonds is 5. The highest BCUT2D eigenvalue weighted by atomic mass is 32.2. The van der Waals surface area contributed by atoms with E-state index >= 15 is 0 Å². The Morgan fingerprint density at radius 1 is 1.43 bits per heavy atom. The minimum atomic E-state index is -4.16. The molecule has 2 rings (SSSR count). The van der Waals surface area contributed by atoms with Crippen molar-refractivity contribution in [2.24, 2.45) is 5.92 Å². The van der Waals surface area contributed by atoms with E-state index in [1.54, 1.807) is 0 Å². The lowest BCUT2D eigenvalue weighted by Crippen LogP contribution is -2.30. The number of hydrogen-bond donors (Lipinski definition) is 1. The van der Waals surface area contributed by atoms with Crippen molar-refractivity contribution in [1.82, 2.24) is 0 Å². The summed E-state index contributed by atoms with van der Waals surface area (Å²) in [5.41, 5.74) is 0.260. The number of carbonyl (C=O) groups is 1. The van der Waals surface area contributed by atoms with Gasteiger partial charge >= 0.3 is 16.2 Å². The number of carbonyl (C=O) groups excluding carboxylic acids is 1. The predicted octanol–water partition coefficient (Wildman–Crippen LogP) is 3.01. The Morgan fingerprint density at radius 2 is 2.17 bits per heavy atom. The van der Waals surface area contributed by atoms with Crippen molar-refractivity contribution < 1.29 is 30.9 Å². The summed E-state index contributed by atoms with van der Waals surface area (Å²) >= 11 is 0. The van der Waals surface area contributed by atoms with Gasteiger partial charge in [-0.2, -0.15) is 8.42 Å². The first-order chi connectivity index (χ1) is 10.7. The van der Waals surface area contributed by atoms with Crippen LogP contribution >= 0.6 is 0 Å². The molecule has 1 aromatic rings. The third-order valence-corrected chi connectivity index (χ3v) is 4.81. The third kappa shape index (κ3) is 4.78. The first kappa shape index (κ1) is 17.5. The lowest BCUT2D eigenvalue weighted by molar-refractivity contribution is -0.0291. The summed E-state index contributed by atoms with van der Waals surface area (Å²) in [6.07, 6.45) is -0.577. The Hall–Kier alpha value is -1.90. The highest BCUT2D eigenvalue weighted by molar-refractivity contribution is 7.87. The quantitative estimate of drug-likeness (QED) is 0.827. The van der Waals surface area contributed by atoms with Gasteiger partial charge in [0.15, 0.2) is 0 Å². The molecule has 1 amide bonds. The van der Waals surface area contributed by atoms with Crippen LogP contribution in [-0.2, 0) is 14.9 Å². The lowest BCUT2D eigenvalue weighted by Gasteiger charge is -2.18. The van der Waals surface area contributed by atoms with Gasteiger partial charge in [-0.05, 0) is 25.0 Å². The van der Waals surface area contributed by atoms with Crippen molar-refractivity contribution >= 4 is 21.9 Å². The van der Waals surface area contributed by atoms with Crippen LogP contribution in [0.25, 0.3) is 0 Å². The van der Waals surface area contributed by atoms with E-state index in [2.05, 4.69) is 10.1 Å². The Labute approximate surface area is 132 Å². The van der Waals surface area contributed by atoms with Gasteiger partial charge in [0.25, 0.3) is 5.92 Å². The van der Waals surface area contributed by atoms with E-state index in [9.17, 15) is 22.0 Å². The third-order valence-electron chi connectivity index (χ3n) is 3.55. The maximum Gasteiger partial charge on any atom is 0.411 e. The molecule has 0 radical (unpaired) electrons. The Bertz CT molecular complexity index is 678. The Balaban J connectivity index is 2.05. The second-order valence-corrected chi connectivity index (χ2v) is 6.92. The molecule has 1 saturated carbocycles. The van der Waals surface area contributed by atoms with E-state index in [1.165, 1.54) is 31.4 Å². The van der Waals surface area contributed by atoms with E-state index in [-0.39, 0.29) is 24.3 Å². The van der Waals surface area contributed by atoms with Gasteiger partial charge in [-0.25, -0.2) is 13.6 Å². The van der Waals surface area contributed by atoms with E-state index < -0.39 is 33.8 Å². The summed E-state index contributed by atoms with van der Waals surface area (Å²) in [4.78, 5) is 11.1. The maximum absolute atomic E-state index is 13.5. The van der Waals surface area contributed by atoms with Gasteiger partial charge in [-0.3, -0.25) is 5.32 Å². The summed E-state index contributed by atoms with van der Waals surface area (Å²) in [7, 11) is -2.98. The van der Waals surface area contributed by atoms with E-state index in [0.717, 1.165) is 0 Å². The lowest BCUT2D eigenvalue weighted by atomic mass is 10.1. The molecule has 0 bridgehead atoms. The summed E-state index contributed by atoms with van der Waals surface area (Å²) in [5.74, 6) is -5.02. The topological polar surface area (TPSA) is 81.7 Å². The van der Waals surface area contributed by atoms with Crippen molar-refractivity contribution in [3.8, 4) is 5.75 Å². The normalized spacial score (nSPS) is 20.0. The van der Waals surface area contributed by atoms with Crippen molar-refractivity contribution in [3.05, 3.63) is 24.3 Å². The molecule has 0 saturated heterocycles. The molecule has 0 spiro atoms. The zero-order chi connectivity index (χ0) is 17.1. The Kier molecular flexibility index (Phi) is 5.08.